The Bertz CT molecular complexity index is 382. The van der Waals surface area contributed by atoms with Crippen molar-refractivity contribution in [1.82, 2.24) is 5.32 Å². The molecule has 1 nitrogen and oxygen atoms in total. The van der Waals surface area contributed by atoms with Gasteiger partial charge in [0, 0.05) is 6.04 Å². The fraction of sp³-hybridized carbons (Fsp3) is 0.625. The predicted molar refractivity (Wildman–Crippen MR) is 74.1 cm³/mol. The Hall–Kier alpha value is -0.890. The van der Waals surface area contributed by atoms with Gasteiger partial charge in [-0.15, -0.1) is 0 Å². The van der Waals surface area contributed by atoms with E-state index in [1.807, 2.05) is 13.1 Å². The molecule has 0 aliphatic heterocycles. The molecule has 0 bridgehead atoms. The third-order valence-electron chi connectivity index (χ3n) is 4.51. The number of hydrogen-bond donors (Lipinski definition) is 1. The third-order valence-corrected chi connectivity index (χ3v) is 4.51. The summed E-state index contributed by atoms with van der Waals surface area (Å²) in [6.07, 6.45) is 7.52. The highest BCUT2D eigenvalue weighted by atomic mass is 19.1. The molecule has 0 radical (unpaired) electrons. The van der Waals surface area contributed by atoms with E-state index in [9.17, 15) is 4.39 Å². The monoisotopic (exact) mass is 249 g/mol. The van der Waals surface area contributed by atoms with Gasteiger partial charge in [-0.1, -0.05) is 38.3 Å². The Morgan fingerprint density at radius 2 is 2.00 bits per heavy atom. The first-order valence-corrected chi connectivity index (χ1v) is 7.06. The minimum atomic E-state index is -0.129. The zero-order valence-corrected chi connectivity index (χ0v) is 11.5. The summed E-state index contributed by atoms with van der Waals surface area (Å²) in [5.74, 6) is -0.129. The topological polar surface area (TPSA) is 12.0 Å². The molecule has 1 saturated carbocycles. The van der Waals surface area contributed by atoms with Gasteiger partial charge in [-0.05, 0) is 49.4 Å². The average Bonchev–Trinajstić information content (AvgIpc) is 2.37. The van der Waals surface area contributed by atoms with E-state index in [0.717, 1.165) is 12.0 Å². The van der Waals surface area contributed by atoms with Crippen LogP contribution < -0.4 is 5.32 Å². The van der Waals surface area contributed by atoms with Crippen LogP contribution in [0.1, 0.15) is 44.6 Å². The maximum atomic E-state index is 13.2. The van der Waals surface area contributed by atoms with Gasteiger partial charge in [-0.2, -0.15) is 0 Å². The summed E-state index contributed by atoms with van der Waals surface area (Å²) in [5, 5.41) is 3.46. The van der Waals surface area contributed by atoms with Gasteiger partial charge in [0.25, 0.3) is 0 Å². The molecule has 2 heteroatoms. The van der Waals surface area contributed by atoms with Crippen LogP contribution in [0.2, 0.25) is 0 Å². The molecule has 1 fully saturated rings. The van der Waals surface area contributed by atoms with E-state index in [-0.39, 0.29) is 5.82 Å². The van der Waals surface area contributed by atoms with Crippen molar-refractivity contribution in [2.45, 2.75) is 51.5 Å². The highest BCUT2D eigenvalue weighted by Crippen LogP contribution is 2.39. The third kappa shape index (κ3) is 3.11. The second kappa shape index (κ2) is 5.83. The summed E-state index contributed by atoms with van der Waals surface area (Å²) in [6.45, 7) is 2.38. The number of halogens is 1. The van der Waals surface area contributed by atoms with Crippen molar-refractivity contribution in [3.63, 3.8) is 0 Å². The maximum Gasteiger partial charge on any atom is 0.123 e. The lowest BCUT2D eigenvalue weighted by Gasteiger charge is -2.41. The molecular weight excluding hydrogens is 225 g/mol. The lowest BCUT2D eigenvalue weighted by Crippen LogP contribution is -2.44. The van der Waals surface area contributed by atoms with E-state index in [4.69, 9.17) is 0 Å². The van der Waals surface area contributed by atoms with Gasteiger partial charge in [-0.3, -0.25) is 0 Å². The van der Waals surface area contributed by atoms with Gasteiger partial charge < -0.3 is 5.32 Å². The number of rotatable bonds is 4. The molecule has 1 aromatic rings. The van der Waals surface area contributed by atoms with Crippen LogP contribution in [0.4, 0.5) is 4.39 Å². The number of hydrogen-bond acceptors (Lipinski definition) is 1. The first kappa shape index (κ1) is 13.5. The number of likely N-dealkylation sites (N-methyl/N-ethyl adjacent to an activating group) is 1. The van der Waals surface area contributed by atoms with Crippen molar-refractivity contribution >= 4 is 0 Å². The Kier molecular flexibility index (Phi) is 4.39. The second-order valence-electron chi connectivity index (χ2n) is 5.89. The van der Waals surface area contributed by atoms with E-state index in [1.165, 1.54) is 38.2 Å². The van der Waals surface area contributed by atoms with Gasteiger partial charge >= 0.3 is 0 Å². The minimum Gasteiger partial charge on any atom is -0.316 e. The normalized spacial score (nSPS) is 20.6. The van der Waals surface area contributed by atoms with Gasteiger partial charge in [0.05, 0.1) is 0 Å². The summed E-state index contributed by atoms with van der Waals surface area (Å²) in [7, 11) is 2.03. The minimum absolute atomic E-state index is 0.129. The molecule has 0 heterocycles. The second-order valence-corrected chi connectivity index (χ2v) is 5.89. The molecule has 100 valence electrons. The van der Waals surface area contributed by atoms with Crippen LogP contribution in [0.3, 0.4) is 0 Å². The van der Waals surface area contributed by atoms with E-state index in [1.54, 1.807) is 12.1 Å². The molecule has 0 saturated heterocycles. The number of benzene rings is 1. The first-order valence-electron chi connectivity index (χ1n) is 7.06. The summed E-state index contributed by atoms with van der Waals surface area (Å²) < 4.78 is 13.2. The first-order chi connectivity index (χ1) is 8.64. The van der Waals surface area contributed by atoms with E-state index < -0.39 is 0 Å². The lowest BCUT2D eigenvalue weighted by atomic mass is 9.69. The van der Waals surface area contributed by atoms with Crippen molar-refractivity contribution in [3.8, 4) is 0 Å². The molecule has 1 aromatic carbocycles. The highest BCUT2D eigenvalue weighted by molar-refractivity contribution is 5.18. The fourth-order valence-corrected chi connectivity index (χ4v) is 3.30. The Balaban J connectivity index is 2.09. The average molecular weight is 249 g/mol. The van der Waals surface area contributed by atoms with Gasteiger partial charge in [0.1, 0.15) is 5.82 Å². The maximum absolute atomic E-state index is 13.2. The molecule has 1 atom stereocenters. The van der Waals surface area contributed by atoms with Crippen molar-refractivity contribution in [1.29, 1.82) is 0 Å². The summed E-state index contributed by atoms with van der Waals surface area (Å²) in [6, 6.07) is 7.45. The molecule has 1 unspecified atom stereocenters. The molecule has 0 spiro atoms. The van der Waals surface area contributed by atoms with Crippen LogP contribution in [-0.2, 0) is 6.42 Å². The summed E-state index contributed by atoms with van der Waals surface area (Å²) >= 11 is 0. The molecule has 2 rings (SSSR count). The molecule has 1 aliphatic carbocycles. The van der Waals surface area contributed by atoms with Gasteiger partial charge in [0.2, 0.25) is 0 Å². The largest absolute Gasteiger partial charge is 0.316 e. The molecular formula is C16H24FN. The van der Waals surface area contributed by atoms with Crippen molar-refractivity contribution in [2.75, 3.05) is 7.05 Å². The van der Waals surface area contributed by atoms with E-state index >= 15 is 0 Å². The van der Waals surface area contributed by atoms with Crippen LogP contribution >= 0.6 is 0 Å². The molecule has 0 amide bonds. The Morgan fingerprint density at radius 1 is 1.28 bits per heavy atom. The van der Waals surface area contributed by atoms with Crippen molar-refractivity contribution < 1.29 is 4.39 Å². The van der Waals surface area contributed by atoms with E-state index in [2.05, 4.69) is 12.2 Å². The van der Waals surface area contributed by atoms with Crippen molar-refractivity contribution in [3.05, 3.63) is 35.6 Å². The van der Waals surface area contributed by atoms with Crippen LogP contribution in [0, 0.1) is 11.2 Å². The van der Waals surface area contributed by atoms with Crippen molar-refractivity contribution in [2.24, 2.45) is 5.41 Å². The fourth-order valence-electron chi connectivity index (χ4n) is 3.30. The zero-order valence-electron chi connectivity index (χ0n) is 11.5. The molecule has 1 N–H and O–H groups in total. The molecule has 1 aliphatic rings. The zero-order chi connectivity index (χ0) is 13.0. The quantitative estimate of drug-likeness (QED) is 0.852. The summed E-state index contributed by atoms with van der Waals surface area (Å²) in [5.41, 5.74) is 1.46. The van der Waals surface area contributed by atoms with Crippen LogP contribution in [0.25, 0.3) is 0 Å². The van der Waals surface area contributed by atoms with Crippen LogP contribution in [0.5, 0.6) is 0 Å². The Labute approximate surface area is 110 Å². The summed E-state index contributed by atoms with van der Waals surface area (Å²) in [4.78, 5) is 0. The standard InChI is InChI=1S/C16H24FN/c1-16(9-4-3-5-10-16)15(18-2)12-13-7-6-8-14(17)11-13/h6-8,11,15,18H,3-5,9-10,12H2,1-2H3. The lowest BCUT2D eigenvalue weighted by molar-refractivity contribution is 0.149. The molecule has 18 heavy (non-hydrogen) atoms. The Morgan fingerprint density at radius 3 is 2.61 bits per heavy atom. The van der Waals surface area contributed by atoms with E-state index in [0.29, 0.717) is 11.5 Å². The molecule has 0 aromatic heterocycles. The SMILES string of the molecule is CNC(Cc1cccc(F)c1)C1(C)CCCCC1. The smallest absolute Gasteiger partial charge is 0.123 e. The van der Waals surface area contributed by atoms with Gasteiger partial charge in [-0.25, -0.2) is 4.39 Å². The number of nitrogens with one attached hydrogen (secondary N) is 1. The highest BCUT2D eigenvalue weighted by Gasteiger charge is 2.34. The van der Waals surface area contributed by atoms with Crippen LogP contribution in [0.15, 0.2) is 24.3 Å². The predicted octanol–water partition coefficient (Wildman–Crippen LogP) is 3.93. The van der Waals surface area contributed by atoms with Crippen LogP contribution in [-0.4, -0.2) is 13.1 Å². The van der Waals surface area contributed by atoms with Gasteiger partial charge in [0.15, 0.2) is 0 Å².